The van der Waals surface area contributed by atoms with Crippen LogP contribution in [0.25, 0.3) is 0 Å². The molecule has 30 heavy (non-hydrogen) atoms. The van der Waals surface area contributed by atoms with Gasteiger partial charge in [-0.15, -0.1) is 0 Å². The first-order chi connectivity index (χ1) is 14.7. The lowest BCUT2D eigenvalue weighted by molar-refractivity contribution is -0.125. The van der Waals surface area contributed by atoms with Crippen molar-refractivity contribution < 1.29 is 9.59 Å². The number of amides is 2. The number of aromatic nitrogens is 1. The van der Waals surface area contributed by atoms with Crippen LogP contribution >= 0.6 is 0 Å². The lowest BCUT2D eigenvalue weighted by Crippen LogP contribution is -2.41. The van der Waals surface area contributed by atoms with E-state index in [0.29, 0.717) is 12.1 Å². The normalized spacial score (nSPS) is 17.6. The zero-order chi connectivity index (χ0) is 20.8. The van der Waals surface area contributed by atoms with Gasteiger partial charge in [0.1, 0.15) is 5.82 Å². The van der Waals surface area contributed by atoms with Gasteiger partial charge in [0.25, 0.3) is 5.91 Å². The SMILES string of the molecule is O=C(NCc1ccccc1)C1CCN(c2cc(C(=O)N3CCCCC3)ccn2)CC1. The molecule has 0 saturated carbocycles. The Bertz CT molecular complexity index is 857. The summed E-state index contributed by atoms with van der Waals surface area (Å²) in [4.78, 5) is 34.0. The predicted octanol–water partition coefficient (Wildman–Crippen LogP) is 3.24. The quantitative estimate of drug-likeness (QED) is 0.828. The first-order valence-electron chi connectivity index (χ1n) is 11.0. The van der Waals surface area contributed by atoms with E-state index in [4.69, 9.17) is 0 Å². The van der Waals surface area contributed by atoms with E-state index in [1.807, 2.05) is 47.4 Å². The van der Waals surface area contributed by atoms with E-state index < -0.39 is 0 Å². The topological polar surface area (TPSA) is 65.5 Å². The fourth-order valence-electron chi connectivity index (χ4n) is 4.30. The highest BCUT2D eigenvalue weighted by Gasteiger charge is 2.26. The van der Waals surface area contributed by atoms with E-state index in [-0.39, 0.29) is 17.7 Å². The molecule has 0 aliphatic carbocycles. The van der Waals surface area contributed by atoms with Gasteiger partial charge in [-0.25, -0.2) is 4.98 Å². The molecule has 158 valence electrons. The van der Waals surface area contributed by atoms with E-state index in [9.17, 15) is 9.59 Å². The molecule has 0 radical (unpaired) electrons. The van der Waals surface area contributed by atoms with Gasteiger partial charge in [-0.2, -0.15) is 0 Å². The fraction of sp³-hybridized carbons (Fsp3) is 0.458. The van der Waals surface area contributed by atoms with Crippen molar-refractivity contribution in [2.75, 3.05) is 31.1 Å². The zero-order valence-electron chi connectivity index (χ0n) is 17.4. The summed E-state index contributed by atoms with van der Waals surface area (Å²) in [5.41, 5.74) is 1.83. The summed E-state index contributed by atoms with van der Waals surface area (Å²) in [5.74, 6) is 1.10. The molecule has 0 atom stereocenters. The highest BCUT2D eigenvalue weighted by atomic mass is 16.2. The Balaban J connectivity index is 1.30. The van der Waals surface area contributed by atoms with Crippen molar-refractivity contribution in [3.8, 4) is 0 Å². The number of nitrogens with zero attached hydrogens (tertiary/aromatic N) is 3. The summed E-state index contributed by atoms with van der Waals surface area (Å²) in [5, 5.41) is 3.06. The summed E-state index contributed by atoms with van der Waals surface area (Å²) in [7, 11) is 0. The molecule has 0 bridgehead atoms. The third kappa shape index (κ3) is 4.99. The minimum atomic E-state index is 0.0307. The Morgan fingerprint density at radius 3 is 2.43 bits per heavy atom. The number of anilines is 1. The molecular formula is C24H30N4O2. The molecule has 1 N–H and O–H groups in total. The number of carbonyl (C=O) groups is 2. The maximum Gasteiger partial charge on any atom is 0.254 e. The van der Waals surface area contributed by atoms with Gasteiger partial charge in [0.2, 0.25) is 5.91 Å². The van der Waals surface area contributed by atoms with Gasteiger partial charge in [0, 0.05) is 50.4 Å². The largest absolute Gasteiger partial charge is 0.357 e. The van der Waals surface area contributed by atoms with Crippen molar-refractivity contribution in [1.82, 2.24) is 15.2 Å². The van der Waals surface area contributed by atoms with Crippen molar-refractivity contribution in [2.24, 2.45) is 5.92 Å². The number of carbonyl (C=O) groups excluding carboxylic acids is 2. The van der Waals surface area contributed by atoms with E-state index >= 15 is 0 Å². The fourth-order valence-corrected chi connectivity index (χ4v) is 4.30. The molecule has 6 heteroatoms. The molecule has 2 aromatic rings. The summed E-state index contributed by atoms with van der Waals surface area (Å²) in [6.45, 7) is 3.82. The number of nitrogens with one attached hydrogen (secondary N) is 1. The molecule has 1 aromatic heterocycles. The van der Waals surface area contributed by atoms with Crippen molar-refractivity contribution in [3.63, 3.8) is 0 Å². The molecule has 2 fully saturated rings. The van der Waals surface area contributed by atoms with Crippen LogP contribution in [-0.4, -0.2) is 47.9 Å². The van der Waals surface area contributed by atoms with Crippen LogP contribution in [0.5, 0.6) is 0 Å². The molecule has 3 heterocycles. The predicted molar refractivity (Wildman–Crippen MR) is 117 cm³/mol. The first kappa shape index (κ1) is 20.4. The number of pyridine rings is 1. The zero-order valence-corrected chi connectivity index (χ0v) is 17.4. The third-order valence-corrected chi connectivity index (χ3v) is 6.14. The molecule has 2 aliphatic rings. The number of hydrogen-bond acceptors (Lipinski definition) is 4. The van der Waals surface area contributed by atoms with Gasteiger partial charge >= 0.3 is 0 Å². The lowest BCUT2D eigenvalue weighted by Gasteiger charge is -2.32. The monoisotopic (exact) mass is 406 g/mol. The maximum absolute atomic E-state index is 12.8. The molecule has 0 unspecified atom stereocenters. The highest BCUT2D eigenvalue weighted by molar-refractivity contribution is 5.95. The highest BCUT2D eigenvalue weighted by Crippen LogP contribution is 2.23. The average Bonchev–Trinajstić information content (AvgIpc) is 2.83. The van der Waals surface area contributed by atoms with Gasteiger partial charge < -0.3 is 15.1 Å². The van der Waals surface area contributed by atoms with Crippen molar-refractivity contribution in [1.29, 1.82) is 0 Å². The van der Waals surface area contributed by atoms with Gasteiger partial charge in [0.05, 0.1) is 0 Å². The van der Waals surface area contributed by atoms with E-state index in [0.717, 1.165) is 63.2 Å². The van der Waals surface area contributed by atoms with E-state index in [1.54, 1.807) is 6.20 Å². The third-order valence-electron chi connectivity index (χ3n) is 6.14. The number of likely N-dealkylation sites (tertiary alicyclic amines) is 1. The Hall–Kier alpha value is -2.89. The van der Waals surface area contributed by atoms with Crippen LogP contribution in [0.4, 0.5) is 5.82 Å². The second kappa shape index (κ2) is 9.74. The van der Waals surface area contributed by atoms with Crippen LogP contribution in [0.3, 0.4) is 0 Å². The second-order valence-corrected chi connectivity index (χ2v) is 8.22. The molecule has 1 aromatic carbocycles. The van der Waals surface area contributed by atoms with Crippen LogP contribution in [0.15, 0.2) is 48.7 Å². The van der Waals surface area contributed by atoms with Crippen LogP contribution in [0, 0.1) is 5.92 Å². The average molecular weight is 407 g/mol. The lowest BCUT2D eigenvalue weighted by atomic mass is 9.95. The molecule has 6 nitrogen and oxygen atoms in total. The van der Waals surface area contributed by atoms with E-state index in [2.05, 4.69) is 15.2 Å². The summed E-state index contributed by atoms with van der Waals surface area (Å²) >= 11 is 0. The van der Waals surface area contributed by atoms with Gasteiger partial charge in [-0.3, -0.25) is 9.59 Å². The van der Waals surface area contributed by atoms with Crippen molar-refractivity contribution in [3.05, 3.63) is 59.8 Å². The summed E-state index contributed by atoms with van der Waals surface area (Å²) < 4.78 is 0. The Morgan fingerprint density at radius 1 is 0.967 bits per heavy atom. The standard InChI is InChI=1S/C24H30N4O2/c29-23(26-18-19-7-3-1-4-8-19)20-10-15-27(16-11-20)22-17-21(9-12-25-22)24(30)28-13-5-2-6-14-28/h1,3-4,7-9,12,17,20H,2,5-6,10-11,13-16,18H2,(H,26,29). The van der Waals surface area contributed by atoms with Gasteiger partial charge in [-0.1, -0.05) is 30.3 Å². The Morgan fingerprint density at radius 2 is 1.70 bits per heavy atom. The van der Waals surface area contributed by atoms with Crippen LogP contribution in [0.2, 0.25) is 0 Å². The number of piperidine rings is 2. The van der Waals surface area contributed by atoms with Crippen LogP contribution in [-0.2, 0) is 11.3 Å². The minimum Gasteiger partial charge on any atom is -0.357 e. The Kier molecular flexibility index (Phi) is 6.62. The molecule has 2 amide bonds. The summed E-state index contributed by atoms with van der Waals surface area (Å²) in [6, 6.07) is 13.7. The number of rotatable bonds is 5. The van der Waals surface area contributed by atoms with Crippen molar-refractivity contribution >= 4 is 17.6 Å². The van der Waals surface area contributed by atoms with Crippen molar-refractivity contribution in [2.45, 2.75) is 38.6 Å². The van der Waals surface area contributed by atoms with Gasteiger partial charge in [-0.05, 0) is 49.8 Å². The molecular weight excluding hydrogens is 376 g/mol. The maximum atomic E-state index is 12.8. The first-order valence-corrected chi connectivity index (χ1v) is 11.0. The Labute approximate surface area is 178 Å². The van der Waals surface area contributed by atoms with E-state index in [1.165, 1.54) is 6.42 Å². The summed E-state index contributed by atoms with van der Waals surface area (Å²) in [6.07, 6.45) is 6.71. The number of hydrogen-bond donors (Lipinski definition) is 1. The number of benzene rings is 1. The smallest absolute Gasteiger partial charge is 0.254 e. The second-order valence-electron chi connectivity index (χ2n) is 8.22. The molecule has 2 saturated heterocycles. The molecule has 0 spiro atoms. The molecule has 4 rings (SSSR count). The van der Waals surface area contributed by atoms with Gasteiger partial charge in [0.15, 0.2) is 0 Å². The minimum absolute atomic E-state index is 0.0307. The molecule has 2 aliphatic heterocycles. The van der Waals surface area contributed by atoms with Crippen LogP contribution in [0.1, 0.15) is 48.0 Å². The van der Waals surface area contributed by atoms with Crippen LogP contribution < -0.4 is 10.2 Å².